The van der Waals surface area contributed by atoms with Gasteiger partial charge in [0.1, 0.15) is 0 Å². The lowest BCUT2D eigenvalue weighted by Gasteiger charge is -2.23. The van der Waals surface area contributed by atoms with Gasteiger partial charge < -0.3 is 10.6 Å². The summed E-state index contributed by atoms with van der Waals surface area (Å²) in [5, 5.41) is 11.2. The Morgan fingerprint density at radius 2 is 1.55 bits per heavy atom. The van der Waals surface area contributed by atoms with E-state index in [0.717, 1.165) is 12.0 Å². The normalized spacial score (nSPS) is 12.9. The molecule has 0 spiro atoms. The fraction of sp³-hybridized carbons (Fsp3) is 0.409. The second kappa shape index (κ2) is 10.0. The molecule has 1 amide bonds. The van der Waals surface area contributed by atoms with E-state index in [2.05, 4.69) is 62.6 Å². The van der Waals surface area contributed by atoms with Crippen molar-refractivity contribution in [3.05, 3.63) is 59.7 Å². The zero-order chi connectivity index (χ0) is 21.6. The maximum absolute atomic E-state index is 12.3. The molecule has 0 heterocycles. The summed E-state index contributed by atoms with van der Waals surface area (Å²) in [6.07, 6.45) is 1.05. The number of nitrogens with one attached hydrogen (secondary N) is 2. The smallest absolute Gasteiger partial charge is 0.238 e. The first-order valence-corrected chi connectivity index (χ1v) is 11.4. The highest BCUT2D eigenvalue weighted by Gasteiger charge is 2.17. The Hall–Kier alpha value is -2.22. The average Bonchev–Trinajstić information content (AvgIpc) is 2.62. The fourth-order valence-electron chi connectivity index (χ4n) is 3.21. The molecule has 0 aliphatic heterocycles. The number of nitrogens with two attached hydrogens (primary N) is 1. The number of primary sulfonamides is 1. The Morgan fingerprint density at radius 1 is 0.966 bits per heavy atom. The largest absolute Gasteiger partial charge is 0.325 e. The molecule has 0 radical (unpaired) electrons. The monoisotopic (exact) mass is 417 g/mol. The molecule has 2 aromatic rings. The van der Waals surface area contributed by atoms with E-state index in [1.54, 1.807) is 0 Å². The Morgan fingerprint density at radius 3 is 2.03 bits per heavy atom. The third kappa shape index (κ3) is 7.27. The quantitative estimate of drug-likeness (QED) is 0.581. The zero-order valence-corrected chi connectivity index (χ0v) is 18.3. The number of rotatable bonds is 9. The third-order valence-corrected chi connectivity index (χ3v) is 5.53. The van der Waals surface area contributed by atoms with Gasteiger partial charge in [-0.1, -0.05) is 52.0 Å². The molecule has 6 nitrogen and oxygen atoms in total. The van der Waals surface area contributed by atoms with E-state index in [4.69, 9.17) is 5.14 Å². The number of anilines is 1. The van der Waals surface area contributed by atoms with Crippen molar-refractivity contribution < 1.29 is 13.2 Å². The van der Waals surface area contributed by atoms with Crippen LogP contribution in [-0.2, 0) is 21.2 Å². The summed E-state index contributed by atoms with van der Waals surface area (Å²) in [6.45, 7) is 8.78. The maximum atomic E-state index is 12.3. The van der Waals surface area contributed by atoms with Gasteiger partial charge in [-0.2, -0.15) is 0 Å². The van der Waals surface area contributed by atoms with Crippen molar-refractivity contribution in [2.75, 3.05) is 11.9 Å². The van der Waals surface area contributed by atoms with Crippen molar-refractivity contribution in [2.45, 2.75) is 45.1 Å². The molecular weight excluding hydrogens is 386 g/mol. The van der Waals surface area contributed by atoms with Crippen LogP contribution in [0.1, 0.15) is 44.9 Å². The summed E-state index contributed by atoms with van der Waals surface area (Å²) < 4.78 is 22.6. The van der Waals surface area contributed by atoms with Gasteiger partial charge in [-0.05, 0) is 53.6 Å². The van der Waals surface area contributed by atoms with Gasteiger partial charge in [0.15, 0.2) is 0 Å². The number of benzene rings is 2. The molecule has 29 heavy (non-hydrogen) atoms. The first-order valence-electron chi connectivity index (χ1n) is 9.81. The van der Waals surface area contributed by atoms with E-state index in [-0.39, 0.29) is 23.4 Å². The van der Waals surface area contributed by atoms with Crippen LogP contribution >= 0.6 is 0 Å². The highest BCUT2D eigenvalue weighted by atomic mass is 32.2. The second-order valence-electron chi connectivity index (χ2n) is 8.06. The SMILES string of the molecule is CC(C)Cc1ccc([C@H](NCC(=O)Nc2ccc(S(N)(=O)=O)cc2)C(C)C)cc1. The highest BCUT2D eigenvalue weighted by Crippen LogP contribution is 2.22. The maximum Gasteiger partial charge on any atom is 0.238 e. The standard InChI is InChI=1S/C22H31N3O3S/c1-15(2)13-17-5-7-18(8-6-17)22(16(3)4)24-14-21(26)25-19-9-11-20(12-10-19)29(23,27)28/h5-12,15-16,22,24H,13-14H2,1-4H3,(H,25,26)(H2,23,27,28)/t22-/m1/s1. The van der Waals surface area contributed by atoms with Gasteiger partial charge in [-0.3, -0.25) is 4.79 Å². The molecule has 0 bridgehead atoms. The van der Waals surface area contributed by atoms with E-state index in [9.17, 15) is 13.2 Å². The molecule has 1 atom stereocenters. The summed E-state index contributed by atoms with van der Waals surface area (Å²) in [6, 6.07) is 14.4. The first kappa shape index (κ1) is 23.1. The predicted molar refractivity (Wildman–Crippen MR) is 117 cm³/mol. The first-order chi connectivity index (χ1) is 13.6. The number of hydrogen-bond acceptors (Lipinski definition) is 4. The molecule has 0 saturated carbocycles. The van der Waals surface area contributed by atoms with E-state index < -0.39 is 10.0 Å². The predicted octanol–water partition coefficient (Wildman–Crippen LogP) is 3.46. The minimum atomic E-state index is -3.74. The Kier molecular flexibility index (Phi) is 7.96. The van der Waals surface area contributed by atoms with E-state index >= 15 is 0 Å². The Balaban J connectivity index is 1.97. The van der Waals surface area contributed by atoms with Crippen LogP contribution < -0.4 is 15.8 Å². The van der Waals surface area contributed by atoms with Crippen LogP contribution in [0.5, 0.6) is 0 Å². The van der Waals surface area contributed by atoms with E-state index in [1.165, 1.54) is 29.8 Å². The van der Waals surface area contributed by atoms with Crippen molar-refractivity contribution in [3.63, 3.8) is 0 Å². The molecule has 0 unspecified atom stereocenters. The molecule has 2 aromatic carbocycles. The molecule has 4 N–H and O–H groups in total. The van der Waals surface area contributed by atoms with Crippen LogP contribution in [0.15, 0.2) is 53.4 Å². The van der Waals surface area contributed by atoms with Crippen molar-refractivity contribution >= 4 is 21.6 Å². The lowest BCUT2D eigenvalue weighted by atomic mass is 9.94. The van der Waals surface area contributed by atoms with Gasteiger partial charge >= 0.3 is 0 Å². The molecule has 0 fully saturated rings. The van der Waals surface area contributed by atoms with Crippen LogP contribution in [0.3, 0.4) is 0 Å². The van der Waals surface area contributed by atoms with Crippen LogP contribution in [0.2, 0.25) is 0 Å². The van der Waals surface area contributed by atoms with Crippen LogP contribution in [-0.4, -0.2) is 20.9 Å². The Labute approximate surface area is 173 Å². The van der Waals surface area contributed by atoms with E-state index in [0.29, 0.717) is 17.5 Å². The molecule has 0 aliphatic carbocycles. The molecule has 2 rings (SSSR count). The number of amides is 1. The number of sulfonamides is 1. The summed E-state index contributed by atoms with van der Waals surface area (Å²) in [4.78, 5) is 12.3. The molecule has 158 valence electrons. The summed E-state index contributed by atoms with van der Waals surface area (Å²) in [5.41, 5.74) is 2.98. The summed E-state index contributed by atoms with van der Waals surface area (Å²) in [7, 11) is -3.74. The van der Waals surface area contributed by atoms with Crippen molar-refractivity contribution in [1.82, 2.24) is 5.32 Å². The third-order valence-electron chi connectivity index (χ3n) is 4.60. The van der Waals surface area contributed by atoms with Crippen LogP contribution in [0, 0.1) is 11.8 Å². The van der Waals surface area contributed by atoms with Crippen molar-refractivity contribution in [3.8, 4) is 0 Å². The average molecular weight is 418 g/mol. The highest BCUT2D eigenvalue weighted by molar-refractivity contribution is 7.89. The minimum Gasteiger partial charge on any atom is -0.325 e. The lowest BCUT2D eigenvalue weighted by Crippen LogP contribution is -2.33. The van der Waals surface area contributed by atoms with Crippen molar-refractivity contribution in [1.29, 1.82) is 0 Å². The second-order valence-corrected chi connectivity index (χ2v) is 9.62. The van der Waals surface area contributed by atoms with Gasteiger partial charge in [0.05, 0.1) is 11.4 Å². The minimum absolute atomic E-state index is 0.00871. The van der Waals surface area contributed by atoms with Crippen LogP contribution in [0.25, 0.3) is 0 Å². The van der Waals surface area contributed by atoms with Gasteiger partial charge in [-0.25, -0.2) is 13.6 Å². The van der Waals surface area contributed by atoms with Gasteiger partial charge in [-0.15, -0.1) is 0 Å². The number of hydrogen-bond donors (Lipinski definition) is 3. The topological polar surface area (TPSA) is 101 Å². The van der Waals surface area contributed by atoms with Gasteiger partial charge in [0.2, 0.25) is 15.9 Å². The van der Waals surface area contributed by atoms with Crippen LogP contribution in [0.4, 0.5) is 5.69 Å². The fourth-order valence-corrected chi connectivity index (χ4v) is 3.72. The zero-order valence-electron chi connectivity index (χ0n) is 17.5. The molecular formula is C22H31N3O3S. The lowest BCUT2D eigenvalue weighted by molar-refractivity contribution is -0.115. The van der Waals surface area contributed by atoms with Gasteiger partial charge in [0, 0.05) is 11.7 Å². The molecule has 0 aliphatic rings. The molecule has 0 aromatic heterocycles. The molecule has 7 heteroatoms. The summed E-state index contributed by atoms with van der Waals surface area (Å²) in [5.74, 6) is 0.728. The van der Waals surface area contributed by atoms with Gasteiger partial charge in [0.25, 0.3) is 0 Å². The van der Waals surface area contributed by atoms with E-state index in [1.807, 2.05) is 0 Å². The Bertz CT molecular complexity index is 905. The summed E-state index contributed by atoms with van der Waals surface area (Å²) >= 11 is 0. The number of carbonyl (C=O) groups excluding carboxylic acids is 1. The molecule has 0 saturated heterocycles. The van der Waals surface area contributed by atoms with Crippen molar-refractivity contribution in [2.24, 2.45) is 17.0 Å². The number of carbonyl (C=O) groups is 1.